The number of esters is 1. The number of halogens is 1. The van der Waals surface area contributed by atoms with Gasteiger partial charge in [-0.1, -0.05) is 42.5 Å². The van der Waals surface area contributed by atoms with Gasteiger partial charge in [-0.05, 0) is 41.5 Å². The Kier molecular flexibility index (Phi) is 7.25. The van der Waals surface area contributed by atoms with Crippen molar-refractivity contribution in [2.24, 2.45) is 0 Å². The van der Waals surface area contributed by atoms with Crippen molar-refractivity contribution in [3.63, 3.8) is 0 Å². The van der Waals surface area contributed by atoms with Crippen LogP contribution in [0.25, 0.3) is 0 Å². The maximum absolute atomic E-state index is 12.3. The van der Waals surface area contributed by atoms with E-state index in [0.29, 0.717) is 12.8 Å². The lowest BCUT2D eigenvalue weighted by Crippen LogP contribution is -2.36. The van der Waals surface area contributed by atoms with E-state index in [-0.39, 0.29) is 12.4 Å². The molecule has 3 N–H and O–H groups in total. The fraction of sp³-hybridized carbons (Fsp3) is 0.222. The summed E-state index contributed by atoms with van der Waals surface area (Å²) in [5.41, 5.74) is 1.65. The Labute approximate surface area is 150 Å². The number of nitrogens with one attached hydrogen (secondary N) is 2. The molecule has 132 valence electrons. The van der Waals surface area contributed by atoms with Crippen molar-refractivity contribution in [1.82, 2.24) is 10.2 Å². The van der Waals surface area contributed by atoms with Gasteiger partial charge in [0, 0.05) is 0 Å². The smallest absolute Gasteiger partial charge is 0.324 e. The highest BCUT2D eigenvalue weighted by Crippen LogP contribution is 2.15. The second-order valence-corrected chi connectivity index (χ2v) is 5.63. The molecule has 25 heavy (non-hydrogen) atoms. The molecule has 0 radical (unpaired) electrons. The molecule has 2 atom stereocenters. The van der Waals surface area contributed by atoms with Gasteiger partial charge in [-0.15, -0.1) is 0 Å². The summed E-state index contributed by atoms with van der Waals surface area (Å²) in [6.07, 6.45) is 0.874. The number of amides is 1. The Morgan fingerprint density at radius 3 is 2.44 bits per heavy atom. The first-order valence-corrected chi connectivity index (χ1v) is 8.07. The van der Waals surface area contributed by atoms with Crippen LogP contribution in [0.15, 0.2) is 54.6 Å². The molecule has 0 saturated carbocycles. The van der Waals surface area contributed by atoms with Crippen LogP contribution in [0.1, 0.15) is 17.2 Å². The predicted molar refractivity (Wildman–Crippen MR) is 93.9 cm³/mol. The second kappa shape index (κ2) is 9.66. The molecule has 0 aliphatic carbocycles. The number of phenols is 1. The van der Waals surface area contributed by atoms with Gasteiger partial charge >= 0.3 is 5.97 Å². The molecule has 0 aliphatic rings. The van der Waals surface area contributed by atoms with Gasteiger partial charge in [0.25, 0.3) is 0 Å². The summed E-state index contributed by atoms with van der Waals surface area (Å²) < 4.78 is 5.30. The minimum Gasteiger partial charge on any atom is -0.508 e. The molecule has 0 aromatic heterocycles. The highest BCUT2D eigenvalue weighted by molar-refractivity contribution is 6.14. The maximum atomic E-state index is 12.3. The van der Waals surface area contributed by atoms with E-state index in [4.69, 9.17) is 16.5 Å². The summed E-state index contributed by atoms with van der Waals surface area (Å²) in [5, 5.41) is 11.9. The number of aromatic hydroxyl groups is 1. The van der Waals surface area contributed by atoms with Gasteiger partial charge in [-0.25, -0.2) is 4.84 Å². The Balaban J connectivity index is 1.95. The summed E-state index contributed by atoms with van der Waals surface area (Å²) in [7, 11) is 0. The molecular formula is C18H19ClN2O4. The van der Waals surface area contributed by atoms with E-state index in [1.54, 1.807) is 12.1 Å². The Morgan fingerprint density at radius 1 is 1.16 bits per heavy atom. The van der Waals surface area contributed by atoms with Gasteiger partial charge in [0.15, 0.2) is 0 Å². The molecule has 0 heterocycles. The average Bonchev–Trinajstić information content (AvgIpc) is 2.65. The number of ether oxygens (including phenoxy) is 1. The number of carbonyl (C=O) groups excluding carboxylic acids is 2. The van der Waals surface area contributed by atoms with E-state index in [0.717, 1.165) is 11.1 Å². The van der Waals surface area contributed by atoms with Crippen LogP contribution in [0, 0.1) is 0 Å². The summed E-state index contributed by atoms with van der Waals surface area (Å²) in [6, 6.07) is 14.5. The summed E-state index contributed by atoms with van der Waals surface area (Å²) in [5.74, 6) is -0.385. The third kappa shape index (κ3) is 5.77. The molecule has 2 aromatic rings. The zero-order valence-electron chi connectivity index (χ0n) is 13.4. The molecule has 7 heteroatoms. The second-order valence-electron chi connectivity index (χ2n) is 5.41. The lowest BCUT2D eigenvalue weighted by atomic mass is 10.1. The number of phenolic OH excluding ortho intramolecular Hbond substituents is 1. The first-order valence-electron chi connectivity index (χ1n) is 7.69. The highest BCUT2D eigenvalue weighted by atomic mass is 35.5. The van der Waals surface area contributed by atoms with Crippen molar-refractivity contribution in [2.75, 3.05) is 6.61 Å². The molecule has 0 fully saturated rings. The lowest BCUT2D eigenvalue weighted by Gasteiger charge is -2.19. The fourth-order valence-electron chi connectivity index (χ4n) is 2.31. The van der Waals surface area contributed by atoms with Crippen molar-refractivity contribution in [1.29, 1.82) is 0 Å². The van der Waals surface area contributed by atoms with E-state index in [9.17, 15) is 14.7 Å². The zero-order valence-corrected chi connectivity index (χ0v) is 14.1. The minimum atomic E-state index is -0.751. The lowest BCUT2D eigenvalue weighted by molar-refractivity contribution is -0.146. The van der Waals surface area contributed by atoms with Crippen LogP contribution in [-0.4, -0.2) is 30.1 Å². The van der Waals surface area contributed by atoms with Gasteiger partial charge in [-0.2, -0.15) is 0 Å². The SMILES string of the molecule is O=CN[C@H](COC(=O)[C@H](Cc1ccc(O)cc1)NCl)c1ccccc1. The first kappa shape index (κ1) is 18.8. The van der Waals surface area contributed by atoms with Crippen molar-refractivity contribution in [2.45, 2.75) is 18.5 Å². The maximum Gasteiger partial charge on any atom is 0.324 e. The Morgan fingerprint density at radius 2 is 1.84 bits per heavy atom. The van der Waals surface area contributed by atoms with Crippen LogP contribution in [-0.2, 0) is 20.7 Å². The van der Waals surface area contributed by atoms with E-state index in [1.165, 1.54) is 12.1 Å². The molecule has 2 rings (SSSR count). The molecule has 6 nitrogen and oxygen atoms in total. The topological polar surface area (TPSA) is 87.7 Å². The monoisotopic (exact) mass is 362 g/mol. The molecule has 2 aromatic carbocycles. The zero-order chi connectivity index (χ0) is 18.1. The van der Waals surface area contributed by atoms with Crippen LogP contribution in [0.5, 0.6) is 5.75 Å². The summed E-state index contributed by atoms with van der Waals surface area (Å²) in [4.78, 5) is 25.4. The van der Waals surface area contributed by atoms with Gasteiger partial charge < -0.3 is 15.2 Å². The van der Waals surface area contributed by atoms with Gasteiger partial charge in [0.1, 0.15) is 18.4 Å². The third-order valence-corrected chi connectivity index (χ3v) is 3.92. The Bertz CT molecular complexity index is 679. The predicted octanol–water partition coefficient (Wildman–Crippen LogP) is 2.08. The van der Waals surface area contributed by atoms with Gasteiger partial charge in [0.05, 0.1) is 6.04 Å². The van der Waals surface area contributed by atoms with E-state index in [1.807, 2.05) is 30.3 Å². The summed E-state index contributed by atoms with van der Waals surface area (Å²) in [6.45, 7) is -0.00770. The minimum absolute atomic E-state index is 0.00770. The van der Waals surface area contributed by atoms with Crippen molar-refractivity contribution >= 4 is 24.2 Å². The number of rotatable bonds is 9. The molecule has 1 amide bonds. The normalized spacial score (nSPS) is 12.8. The van der Waals surface area contributed by atoms with Crippen LogP contribution in [0.2, 0.25) is 0 Å². The highest BCUT2D eigenvalue weighted by Gasteiger charge is 2.21. The molecular weight excluding hydrogens is 344 g/mol. The fourth-order valence-corrected chi connectivity index (χ4v) is 2.47. The van der Waals surface area contributed by atoms with Crippen LogP contribution >= 0.6 is 11.8 Å². The number of benzene rings is 2. The van der Waals surface area contributed by atoms with E-state index in [2.05, 4.69) is 10.2 Å². The van der Waals surface area contributed by atoms with E-state index >= 15 is 0 Å². The third-order valence-electron chi connectivity index (χ3n) is 3.66. The van der Waals surface area contributed by atoms with Gasteiger partial charge in [-0.3, -0.25) is 9.59 Å². The molecule has 0 bridgehead atoms. The Hall–Kier alpha value is -2.57. The van der Waals surface area contributed by atoms with Crippen molar-refractivity contribution in [3.05, 3.63) is 65.7 Å². The summed E-state index contributed by atoms with van der Waals surface area (Å²) >= 11 is 5.67. The number of carbonyl (C=O) groups is 2. The van der Waals surface area contributed by atoms with Crippen LogP contribution < -0.4 is 10.2 Å². The standard InChI is InChI=1S/C18H19ClN2O4/c19-21-16(10-13-6-8-15(23)9-7-13)18(24)25-11-17(20-12-22)14-4-2-1-3-5-14/h1-9,12,16-17,21,23H,10-11H2,(H,20,22)/t16-,17+/m0/s1. The molecule has 0 spiro atoms. The average molecular weight is 363 g/mol. The molecule has 0 aliphatic heterocycles. The number of hydrogen-bond acceptors (Lipinski definition) is 5. The largest absolute Gasteiger partial charge is 0.508 e. The molecule has 0 unspecified atom stereocenters. The van der Waals surface area contributed by atoms with E-state index < -0.39 is 18.1 Å². The number of hydrogen-bond donors (Lipinski definition) is 3. The van der Waals surface area contributed by atoms with Gasteiger partial charge in [0.2, 0.25) is 6.41 Å². The van der Waals surface area contributed by atoms with Crippen molar-refractivity contribution in [3.8, 4) is 5.75 Å². The van der Waals surface area contributed by atoms with Crippen molar-refractivity contribution < 1.29 is 19.4 Å². The van der Waals surface area contributed by atoms with Crippen LogP contribution in [0.3, 0.4) is 0 Å². The first-order chi connectivity index (χ1) is 12.1. The quantitative estimate of drug-likeness (QED) is 0.361. The molecule has 0 saturated heterocycles. The van der Waals surface area contributed by atoms with Crippen LogP contribution in [0.4, 0.5) is 0 Å².